The Morgan fingerprint density at radius 2 is 2.22 bits per heavy atom. The van der Waals surface area contributed by atoms with E-state index in [0.29, 0.717) is 34.5 Å². The molecule has 1 saturated carbocycles. The van der Waals surface area contributed by atoms with E-state index < -0.39 is 0 Å². The smallest absolute Gasteiger partial charge is 0.261 e. The average Bonchev–Trinajstić information content (AvgIpc) is 3.60. The fourth-order valence-electron chi connectivity index (χ4n) is 3.83. The van der Waals surface area contributed by atoms with Crippen molar-refractivity contribution in [1.29, 1.82) is 5.41 Å². The second kappa shape index (κ2) is 8.83. The van der Waals surface area contributed by atoms with Crippen molar-refractivity contribution in [2.45, 2.75) is 45.2 Å². The molecular weight excluding hydrogens is 406 g/mol. The lowest BCUT2D eigenvalue weighted by Gasteiger charge is -2.23. The number of anilines is 2. The highest BCUT2D eigenvalue weighted by molar-refractivity contribution is 6.07. The summed E-state index contributed by atoms with van der Waals surface area (Å²) in [5, 5.41) is 14.1. The summed E-state index contributed by atoms with van der Waals surface area (Å²) in [5.41, 5.74) is 7.98. The lowest BCUT2D eigenvalue weighted by Crippen LogP contribution is -2.77. The molecule has 2 aromatic heterocycles. The van der Waals surface area contributed by atoms with Gasteiger partial charge in [0.1, 0.15) is 29.4 Å². The van der Waals surface area contributed by atoms with Gasteiger partial charge in [-0.1, -0.05) is 19.1 Å². The van der Waals surface area contributed by atoms with Gasteiger partial charge in [-0.3, -0.25) is 14.8 Å². The first-order chi connectivity index (χ1) is 15.5. The van der Waals surface area contributed by atoms with Crippen molar-refractivity contribution in [3.63, 3.8) is 0 Å². The zero-order valence-corrected chi connectivity index (χ0v) is 18.5. The average molecular weight is 435 g/mol. The third kappa shape index (κ3) is 3.96. The number of rotatable bonds is 7. The van der Waals surface area contributed by atoms with Crippen LogP contribution in [0, 0.1) is 12.3 Å². The summed E-state index contributed by atoms with van der Waals surface area (Å²) in [7, 11) is 1.82. The molecule has 0 amide bonds. The van der Waals surface area contributed by atoms with Crippen LogP contribution in [0.4, 0.5) is 11.6 Å². The molecule has 1 aliphatic carbocycles. The SMILES string of the molecule is CCC(Nc1ncnc(N)c1C(=N)N=C[NH2+]C)c1nc2cccc(C)c2c(=O)n1C1CC1. The molecule has 1 atom stereocenters. The van der Waals surface area contributed by atoms with Crippen molar-refractivity contribution in [1.82, 2.24) is 19.5 Å². The molecule has 0 aliphatic heterocycles. The molecule has 2 heterocycles. The number of aliphatic imine (C=N–C) groups is 1. The van der Waals surface area contributed by atoms with Crippen LogP contribution in [-0.4, -0.2) is 38.7 Å². The minimum Gasteiger partial charge on any atom is -0.383 e. The molecule has 1 unspecified atom stereocenters. The number of nitrogen functional groups attached to an aromatic ring is 1. The molecule has 1 aliphatic rings. The zero-order chi connectivity index (χ0) is 22.8. The van der Waals surface area contributed by atoms with E-state index in [1.807, 2.05) is 43.7 Å². The van der Waals surface area contributed by atoms with Gasteiger partial charge in [-0.2, -0.15) is 4.99 Å². The number of aryl methyl sites for hydroxylation is 1. The number of hydrogen-bond donors (Lipinski definition) is 4. The molecule has 0 spiro atoms. The minimum absolute atomic E-state index is 0.0101. The number of nitrogens with two attached hydrogens (primary N) is 2. The van der Waals surface area contributed by atoms with E-state index in [0.717, 1.165) is 18.4 Å². The third-order valence-electron chi connectivity index (χ3n) is 5.57. The van der Waals surface area contributed by atoms with Gasteiger partial charge in [0, 0.05) is 6.04 Å². The van der Waals surface area contributed by atoms with Crippen LogP contribution in [-0.2, 0) is 0 Å². The standard InChI is InChI=1S/C22H27N9O/c1-4-14(29-20-17(18(23)26-10-25-3)19(24)27-11-28-20)21-30-15-7-5-6-12(2)16(15)22(32)31(21)13-8-9-13/h5-7,10-11,13-14H,4,8-9H2,1-3H3,(H2,23,25,26)(H3,24,27,28,29)/p+1. The molecule has 4 rings (SSSR count). The maximum atomic E-state index is 13.5. The Kier molecular flexibility index (Phi) is 5.95. The molecule has 0 bridgehead atoms. The summed E-state index contributed by atoms with van der Waals surface area (Å²) < 4.78 is 1.83. The zero-order valence-electron chi connectivity index (χ0n) is 18.5. The molecule has 166 valence electrons. The maximum Gasteiger partial charge on any atom is 0.261 e. The summed E-state index contributed by atoms with van der Waals surface area (Å²) in [4.78, 5) is 30.8. The van der Waals surface area contributed by atoms with E-state index in [-0.39, 0.29) is 29.3 Å². The topological polar surface area (TPSA) is 152 Å². The van der Waals surface area contributed by atoms with Gasteiger partial charge in [-0.15, -0.1) is 0 Å². The van der Waals surface area contributed by atoms with Crippen LogP contribution in [0.5, 0.6) is 0 Å². The predicted octanol–water partition coefficient (Wildman–Crippen LogP) is 1.52. The van der Waals surface area contributed by atoms with E-state index in [9.17, 15) is 4.79 Å². The van der Waals surface area contributed by atoms with E-state index in [2.05, 4.69) is 20.3 Å². The summed E-state index contributed by atoms with van der Waals surface area (Å²) >= 11 is 0. The van der Waals surface area contributed by atoms with Crippen LogP contribution < -0.4 is 21.9 Å². The van der Waals surface area contributed by atoms with Gasteiger partial charge in [0.25, 0.3) is 5.56 Å². The molecule has 3 aromatic rings. The number of quaternary nitrogens is 1. The first-order valence-electron chi connectivity index (χ1n) is 10.8. The van der Waals surface area contributed by atoms with Crippen molar-refractivity contribution in [2.75, 3.05) is 18.1 Å². The van der Waals surface area contributed by atoms with E-state index in [4.69, 9.17) is 16.1 Å². The lowest BCUT2D eigenvalue weighted by molar-refractivity contribution is -0.496. The Bertz CT molecular complexity index is 1260. The first-order valence-corrected chi connectivity index (χ1v) is 10.8. The van der Waals surface area contributed by atoms with Gasteiger partial charge in [-0.05, 0) is 37.8 Å². The van der Waals surface area contributed by atoms with E-state index in [1.54, 1.807) is 5.32 Å². The van der Waals surface area contributed by atoms with Gasteiger partial charge in [0.2, 0.25) is 0 Å². The molecule has 10 heteroatoms. The number of amidine groups is 1. The minimum atomic E-state index is -0.309. The lowest BCUT2D eigenvalue weighted by atomic mass is 10.1. The summed E-state index contributed by atoms with van der Waals surface area (Å²) in [6, 6.07) is 5.57. The summed E-state index contributed by atoms with van der Waals surface area (Å²) in [6.45, 7) is 3.95. The van der Waals surface area contributed by atoms with Crippen LogP contribution >= 0.6 is 0 Å². The van der Waals surface area contributed by atoms with E-state index >= 15 is 0 Å². The summed E-state index contributed by atoms with van der Waals surface area (Å²) in [5.74, 6) is 1.18. The predicted molar refractivity (Wildman–Crippen MR) is 125 cm³/mol. The molecule has 6 N–H and O–H groups in total. The van der Waals surface area contributed by atoms with Crippen molar-refractivity contribution in [3.05, 3.63) is 51.8 Å². The Balaban J connectivity index is 1.82. The first kappa shape index (κ1) is 21.6. The third-order valence-corrected chi connectivity index (χ3v) is 5.57. The van der Waals surface area contributed by atoms with Gasteiger partial charge in [0.15, 0.2) is 12.2 Å². The van der Waals surface area contributed by atoms with Crippen LogP contribution in [0.1, 0.15) is 55.2 Å². The van der Waals surface area contributed by atoms with Crippen molar-refractivity contribution < 1.29 is 5.32 Å². The Morgan fingerprint density at radius 3 is 2.91 bits per heavy atom. The summed E-state index contributed by atoms with van der Waals surface area (Å²) in [6.07, 6.45) is 5.44. The van der Waals surface area contributed by atoms with Crippen molar-refractivity contribution in [3.8, 4) is 0 Å². The number of benzene rings is 1. The Hall–Kier alpha value is -3.66. The van der Waals surface area contributed by atoms with Crippen molar-refractivity contribution >= 4 is 34.7 Å². The highest BCUT2D eigenvalue weighted by Gasteiger charge is 2.31. The van der Waals surface area contributed by atoms with Gasteiger partial charge in [-0.25, -0.2) is 15.0 Å². The van der Waals surface area contributed by atoms with Crippen LogP contribution in [0.3, 0.4) is 0 Å². The highest BCUT2D eigenvalue weighted by Crippen LogP contribution is 2.37. The Morgan fingerprint density at radius 1 is 1.44 bits per heavy atom. The molecule has 0 saturated heterocycles. The number of fused-ring (bicyclic) bond motifs is 1. The maximum absolute atomic E-state index is 13.5. The quantitative estimate of drug-likeness (QED) is 0.327. The fraction of sp³-hybridized carbons (Fsp3) is 0.364. The van der Waals surface area contributed by atoms with Gasteiger partial charge >= 0.3 is 0 Å². The fourth-order valence-corrected chi connectivity index (χ4v) is 3.83. The second-order valence-corrected chi connectivity index (χ2v) is 7.89. The van der Waals surface area contributed by atoms with Crippen molar-refractivity contribution in [2.24, 2.45) is 4.99 Å². The number of nitrogens with zero attached hydrogens (tertiary/aromatic N) is 5. The molecule has 1 aromatic carbocycles. The normalized spacial score (nSPS) is 14.7. The molecule has 1 fully saturated rings. The van der Waals surface area contributed by atoms with E-state index in [1.165, 1.54) is 12.7 Å². The highest BCUT2D eigenvalue weighted by atomic mass is 16.1. The van der Waals surface area contributed by atoms with Crippen LogP contribution in [0.15, 0.2) is 34.3 Å². The second-order valence-electron chi connectivity index (χ2n) is 7.89. The van der Waals surface area contributed by atoms with Gasteiger partial charge < -0.3 is 16.4 Å². The number of hydrogen-bond acceptors (Lipinski definition) is 7. The molecule has 10 nitrogen and oxygen atoms in total. The number of aromatic nitrogens is 4. The van der Waals surface area contributed by atoms with Crippen LogP contribution in [0.2, 0.25) is 0 Å². The largest absolute Gasteiger partial charge is 0.383 e. The Labute approximate surface area is 185 Å². The van der Waals surface area contributed by atoms with Crippen LogP contribution in [0.25, 0.3) is 10.9 Å². The molecule has 32 heavy (non-hydrogen) atoms. The van der Waals surface area contributed by atoms with Gasteiger partial charge in [0.05, 0.1) is 24.0 Å². The number of nitrogens with one attached hydrogen (secondary N) is 2. The molecular formula is C22H28N9O+. The monoisotopic (exact) mass is 434 g/mol. The molecule has 0 radical (unpaired) electrons.